The van der Waals surface area contributed by atoms with E-state index >= 15 is 0 Å². The van der Waals surface area contributed by atoms with E-state index in [1.807, 2.05) is 18.2 Å². The number of benzene rings is 2. The van der Waals surface area contributed by atoms with Crippen LogP contribution in [-0.4, -0.2) is 14.5 Å². The number of alkyl halides is 3. The molecule has 4 rings (SSSR count). The van der Waals surface area contributed by atoms with E-state index in [1.54, 1.807) is 6.20 Å². The summed E-state index contributed by atoms with van der Waals surface area (Å²) >= 11 is 2.16. The first-order chi connectivity index (χ1) is 11.8. The van der Waals surface area contributed by atoms with Gasteiger partial charge in [-0.3, -0.25) is 9.55 Å². The Bertz CT molecular complexity index is 1160. The number of pyridine rings is 1. The molecule has 0 saturated carbocycles. The maximum absolute atomic E-state index is 12.8. The normalized spacial score (nSPS) is 12.2. The minimum Gasteiger partial charge on any atom is -0.304 e. The smallest absolute Gasteiger partial charge is 0.304 e. The van der Waals surface area contributed by atoms with Gasteiger partial charge in [0.2, 0.25) is 0 Å². The van der Waals surface area contributed by atoms with Crippen LogP contribution in [-0.2, 0) is 6.18 Å². The van der Waals surface area contributed by atoms with Crippen LogP contribution in [0.1, 0.15) is 5.56 Å². The van der Waals surface area contributed by atoms with Crippen LogP contribution in [0.4, 0.5) is 13.2 Å². The van der Waals surface area contributed by atoms with Crippen LogP contribution in [0, 0.1) is 3.57 Å². The summed E-state index contributed by atoms with van der Waals surface area (Å²) in [7, 11) is 0. The number of imidazole rings is 1. The van der Waals surface area contributed by atoms with Gasteiger partial charge in [0.05, 0.1) is 34.0 Å². The fraction of sp³-hybridized carbons (Fsp3) is 0.0588. The van der Waals surface area contributed by atoms with E-state index in [0.29, 0.717) is 22.2 Å². The standard InChI is InChI=1S/C17H9F3IN3O/c18-17(19,20)9-1-4-11(5-2-9)24-15-12-7-10(21)3-6-13(12)22-8-14(15)23-16(24)25/h1-8H,(H,23,25). The molecule has 0 radical (unpaired) electrons. The average molecular weight is 455 g/mol. The van der Waals surface area contributed by atoms with E-state index in [4.69, 9.17) is 0 Å². The average Bonchev–Trinajstić information content (AvgIpc) is 2.90. The van der Waals surface area contributed by atoms with Crippen LogP contribution >= 0.6 is 22.6 Å². The van der Waals surface area contributed by atoms with Crippen LogP contribution in [0.3, 0.4) is 0 Å². The zero-order chi connectivity index (χ0) is 17.8. The summed E-state index contributed by atoms with van der Waals surface area (Å²) in [6.45, 7) is 0. The second-order valence-corrected chi connectivity index (χ2v) is 6.74. The molecule has 1 N–H and O–H groups in total. The third kappa shape index (κ3) is 2.70. The van der Waals surface area contributed by atoms with Gasteiger partial charge in [-0.15, -0.1) is 0 Å². The summed E-state index contributed by atoms with van der Waals surface area (Å²) in [6.07, 6.45) is -2.87. The quantitative estimate of drug-likeness (QED) is 0.431. The van der Waals surface area contributed by atoms with Gasteiger partial charge in [0.1, 0.15) is 0 Å². The van der Waals surface area contributed by atoms with Gasteiger partial charge in [0.15, 0.2) is 0 Å². The molecule has 2 aromatic heterocycles. The fourth-order valence-corrected chi connectivity index (χ4v) is 3.29. The summed E-state index contributed by atoms with van der Waals surface area (Å²) in [4.78, 5) is 19.4. The summed E-state index contributed by atoms with van der Waals surface area (Å²) in [6, 6.07) is 10.1. The van der Waals surface area contributed by atoms with E-state index in [0.717, 1.165) is 21.1 Å². The summed E-state index contributed by atoms with van der Waals surface area (Å²) < 4.78 is 40.6. The Morgan fingerprint density at radius 2 is 1.80 bits per heavy atom. The molecule has 0 aliphatic heterocycles. The lowest BCUT2D eigenvalue weighted by molar-refractivity contribution is -0.137. The monoisotopic (exact) mass is 455 g/mol. The molecule has 0 spiro atoms. The van der Waals surface area contributed by atoms with Crippen molar-refractivity contribution < 1.29 is 13.2 Å². The fourth-order valence-electron chi connectivity index (χ4n) is 2.80. The summed E-state index contributed by atoms with van der Waals surface area (Å²) in [5, 5.41) is 0.752. The molecule has 0 bridgehead atoms. The molecule has 0 atom stereocenters. The van der Waals surface area contributed by atoms with E-state index in [-0.39, 0.29) is 0 Å². The van der Waals surface area contributed by atoms with E-state index in [1.165, 1.54) is 16.7 Å². The Morgan fingerprint density at radius 3 is 2.48 bits per heavy atom. The largest absolute Gasteiger partial charge is 0.416 e. The number of fused-ring (bicyclic) bond motifs is 3. The van der Waals surface area contributed by atoms with Crippen molar-refractivity contribution in [3.8, 4) is 5.69 Å². The van der Waals surface area contributed by atoms with Crippen molar-refractivity contribution in [1.29, 1.82) is 0 Å². The molecule has 4 aromatic rings. The van der Waals surface area contributed by atoms with Crippen molar-refractivity contribution >= 4 is 44.5 Å². The highest BCUT2D eigenvalue weighted by Crippen LogP contribution is 2.30. The third-order valence-corrected chi connectivity index (χ3v) is 4.59. The third-order valence-electron chi connectivity index (χ3n) is 3.92. The van der Waals surface area contributed by atoms with Gasteiger partial charge < -0.3 is 4.98 Å². The highest BCUT2D eigenvalue weighted by molar-refractivity contribution is 14.1. The molecule has 0 aliphatic rings. The Kier molecular flexibility index (Phi) is 3.60. The highest BCUT2D eigenvalue weighted by atomic mass is 127. The van der Waals surface area contributed by atoms with Crippen molar-refractivity contribution in [2.45, 2.75) is 6.18 Å². The minimum atomic E-state index is -4.42. The SMILES string of the molecule is O=c1[nH]c2cnc3ccc(I)cc3c2n1-c1ccc(C(F)(F)F)cc1. The van der Waals surface area contributed by atoms with Crippen LogP contribution in [0.15, 0.2) is 53.5 Å². The first kappa shape index (κ1) is 16.1. The van der Waals surface area contributed by atoms with Crippen molar-refractivity contribution in [2.75, 3.05) is 0 Å². The number of hydrogen-bond donors (Lipinski definition) is 1. The zero-order valence-electron chi connectivity index (χ0n) is 12.4. The predicted octanol–water partition coefficient (Wildman–Crippen LogP) is 4.49. The molecule has 126 valence electrons. The van der Waals surface area contributed by atoms with Crippen molar-refractivity contribution in [1.82, 2.24) is 14.5 Å². The van der Waals surface area contributed by atoms with Crippen molar-refractivity contribution in [2.24, 2.45) is 0 Å². The highest BCUT2D eigenvalue weighted by Gasteiger charge is 2.30. The van der Waals surface area contributed by atoms with Gasteiger partial charge in [-0.05, 0) is 65.1 Å². The number of halogens is 4. The number of aromatic amines is 1. The molecule has 0 saturated heterocycles. The molecular formula is C17H9F3IN3O. The number of aromatic nitrogens is 3. The maximum Gasteiger partial charge on any atom is 0.416 e. The predicted molar refractivity (Wildman–Crippen MR) is 96.9 cm³/mol. The minimum absolute atomic E-state index is 0.357. The van der Waals surface area contributed by atoms with Crippen LogP contribution in [0.25, 0.3) is 27.6 Å². The van der Waals surface area contributed by atoms with Crippen molar-refractivity contribution in [3.05, 3.63) is 68.3 Å². The van der Waals surface area contributed by atoms with Gasteiger partial charge in [0, 0.05) is 8.96 Å². The Morgan fingerprint density at radius 1 is 1.08 bits per heavy atom. The molecule has 25 heavy (non-hydrogen) atoms. The Labute approximate surface area is 152 Å². The molecule has 2 aromatic carbocycles. The molecule has 0 unspecified atom stereocenters. The van der Waals surface area contributed by atoms with Gasteiger partial charge in [-0.25, -0.2) is 4.79 Å². The molecule has 0 amide bonds. The van der Waals surface area contributed by atoms with Gasteiger partial charge in [-0.1, -0.05) is 0 Å². The van der Waals surface area contributed by atoms with Crippen LogP contribution in [0.5, 0.6) is 0 Å². The number of rotatable bonds is 1. The maximum atomic E-state index is 12.8. The van der Waals surface area contributed by atoms with Crippen LogP contribution in [0.2, 0.25) is 0 Å². The lowest BCUT2D eigenvalue weighted by Gasteiger charge is -2.09. The van der Waals surface area contributed by atoms with E-state index in [9.17, 15) is 18.0 Å². The summed E-state index contributed by atoms with van der Waals surface area (Å²) in [5.74, 6) is 0. The Hall–Kier alpha value is -2.36. The van der Waals surface area contributed by atoms with Crippen molar-refractivity contribution in [3.63, 3.8) is 0 Å². The lowest BCUT2D eigenvalue weighted by atomic mass is 10.1. The molecule has 2 heterocycles. The second-order valence-electron chi connectivity index (χ2n) is 5.49. The summed E-state index contributed by atoms with van der Waals surface area (Å²) in [5.41, 5.74) is 0.990. The van der Waals surface area contributed by atoms with Gasteiger partial charge >= 0.3 is 11.9 Å². The number of nitrogens with zero attached hydrogens (tertiary/aromatic N) is 2. The second kappa shape index (κ2) is 5.58. The van der Waals surface area contributed by atoms with E-state index < -0.39 is 17.4 Å². The molecule has 0 fully saturated rings. The van der Waals surface area contributed by atoms with Gasteiger partial charge in [0.25, 0.3) is 0 Å². The first-order valence-corrected chi connectivity index (χ1v) is 8.29. The molecule has 8 heteroatoms. The number of H-pyrrole nitrogens is 1. The molecule has 4 nitrogen and oxygen atoms in total. The number of hydrogen-bond acceptors (Lipinski definition) is 2. The topological polar surface area (TPSA) is 50.7 Å². The molecular weight excluding hydrogens is 446 g/mol. The first-order valence-electron chi connectivity index (χ1n) is 7.21. The lowest BCUT2D eigenvalue weighted by Crippen LogP contribution is -2.15. The Balaban J connectivity index is 2.03. The zero-order valence-corrected chi connectivity index (χ0v) is 14.6. The van der Waals surface area contributed by atoms with E-state index in [2.05, 4.69) is 32.6 Å². The van der Waals surface area contributed by atoms with Gasteiger partial charge in [-0.2, -0.15) is 13.2 Å². The van der Waals surface area contributed by atoms with Crippen LogP contribution < -0.4 is 5.69 Å². The number of nitrogens with one attached hydrogen (secondary N) is 1. The molecule has 0 aliphatic carbocycles.